The van der Waals surface area contributed by atoms with Crippen LogP contribution in [0.3, 0.4) is 0 Å². The SMILES string of the molecule is CNc1nnc(C2=C(C(=O)OC(c3ccccc3)c3ccccc3)N3C(=O)[C@@H](NC(=O)Cc4cccs4)[C@H]3SC2)s1. The topological polar surface area (TPSA) is 114 Å². The van der Waals surface area contributed by atoms with Gasteiger partial charge in [-0.1, -0.05) is 78.1 Å². The summed E-state index contributed by atoms with van der Waals surface area (Å²) in [5.41, 5.74) is 2.32. The average molecular weight is 604 g/mol. The number of anilines is 1. The summed E-state index contributed by atoms with van der Waals surface area (Å²) in [5, 5.41) is 16.8. The molecule has 0 aliphatic carbocycles. The van der Waals surface area contributed by atoms with Crippen molar-refractivity contribution in [3.8, 4) is 0 Å². The van der Waals surface area contributed by atoms with Crippen LogP contribution in [-0.4, -0.2) is 57.1 Å². The Bertz CT molecular complexity index is 1550. The summed E-state index contributed by atoms with van der Waals surface area (Å²) in [6.07, 6.45) is -0.492. The lowest BCUT2D eigenvalue weighted by atomic mass is 10.0. The molecule has 2 amide bonds. The Morgan fingerprint density at radius 2 is 1.73 bits per heavy atom. The molecule has 6 rings (SSSR count). The van der Waals surface area contributed by atoms with Gasteiger partial charge in [-0.05, 0) is 22.6 Å². The van der Waals surface area contributed by atoms with Gasteiger partial charge in [0.05, 0.1) is 6.42 Å². The highest BCUT2D eigenvalue weighted by Crippen LogP contribution is 2.45. The minimum absolute atomic E-state index is 0.137. The van der Waals surface area contributed by atoms with Crippen LogP contribution in [0.25, 0.3) is 5.57 Å². The Labute approximate surface area is 248 Å². The number of hydrogen-bond acceptors (Lipinski definition) is 10. The molecule has 0 unspecified atom stereocenters. The van der Waals surface area contributed by atoms with Crippen molar-refractivity contribution >= 4 is 62.9 Å². The number of amides is 2. The quantitative estimate of drug-likeness (QED) is 0.215. The summed E-state index contributed by atoms with van der Waals surface area (Å²) in [6.45, 7) is 0. The van der Waals surface area contributed by atoms with Gasteiger partial charge in [0.2, 0.25) is 11.0 Å². The van der Waals surface area contributed by atoms with Crippen LogP contribution in [0, 0.1) is 0 Å². The number of ether oxygens (including phenoxy) is 1. The fraction of sp³-hybridized carbons (Fsp3) is 0.207. The van der Waals surface area contributed by atoms with Gasteiger partial charge in [-0.3, -0.25) is 14.5 Å². The highest BCUT2D eigenvalue weighted by atomic mass is 32.2. The Morgan fingerprint density at radius 1 is 1.02 bits per heavy atom. The fourth-order valence-corrected chi connectivity index (χ4v) is 7.64. The number of nitrogens with one attached hydrogen (secondary N) is 2. The zero-order valence-electron chi connectivity index (χ0n) is 21.9. The number of aromatic nitrogens is 2. The zero-order chi connectivity index (χ0) is 28.3. The second-order valence-electron chi connectivity index (χ2n) is 9.31. The van der Waals surface area contributed by atoms with Gasteiger partial charge in [-0.25, -0.2) is 4.79 Å². The Balaban J connectivity index is 1.32. The van der Waals surface area contributed by atoms with Crippen LogP contribution in [0.2, 0.25) is 0 Å². The van der Waals surface area contributed by atoms with E-state index in [9.17, 15) is 14.4 Å². The first-order valence-corrected chi connectivity index (χ1v) is 15.6. The number of nitrogens with zero attached hydrogens (tertiary/aromatic N) is 3. The zero-order valence-corrected chi connectivity index (χ0v) is 24.3. The van der Waals surface area contributed by atoms with Crippen LogP contribution in [0.4, 0.5) is 5.13 Å². The predicted molar refractivity (Wildman–Crippen MR) is 160 cm³/mol. The molecule has 1 fully saturated rings. The van der Waals surface area contributed by atoms with E-state index in [2.05, 4.69) is 20.8 Å². The number of rotatable bonds is 9. The van der Waals surface area contributed by atoms with E-state index in [1.807, 2.05) is 78.2 Å². The molecular formula is C29H25N5O4S3. The Kier molecular flexibility index (Phi) is 7.86. The van der Waals surface area contributed by atoms with E-state index in [0.717, 1.165) is 16.0 Å². The standard InChI is InChI=1S/C29H25N5O4S3/c1-30-29-33-32-25(41-29)20-16-40-27-22(31-21(35)15-19-13-8-14-39-19)26(36)34(27)23(20)28(37)38-24(17-9-4-2-5-10-17)18-11-6-3-7-12-18/h2-14,22,24,27H,15-16H2,1H3,(H,30,33)(H,31,35)/t22-,27-/m1/s1. The normalized spacial score (nSPS) is 18.1. The van der Waals surface area contributed by atoms with Crippen molar-refractivity contribution in [2.45, 2.75) is 23.9 Å². The van der Waals surface area contributed by atoms with Gasteiger partial charge in [0, 0.05) is 23.3 Å². The van der Waals surface area contributed by atoms with Crippen LogP contribution in [0.15, 0.2) is 83.9 Å². The number of benzene rings is 2. The van der Waals surface area contributed by atoms with Gasteiger partial charge in [-0.2, -0.15) is 0 Å². The number of thioether (sulfide) groups is 1. The van der Waals surface area contributed by atoms with Crippen LogP contribution in [0.5, 0.6) is 0 Å². The van der Waals surface area contributed by atoms with Crippen molar-refractivity contribution in [2.75, 3.05) is 18.1 Å². The first kappa shape index (κ1) is 27.2. The number of carbonyl (C=O) groups is 3. The molecule has 208 valence electrons. The molecule has 4 aromatic rings. The number of carbonyl (C=O) groups excluding carboxylic acids is 3. The maximum absolute atomic E-state index is 14.1. The summed E-state index contributed by atoms with van der Waals surface area (Å²) >= 11 is 4.26. The third-order valence-corrected chi connectivity index (χ3v) is 9.88. The molecule has 12 heteroatoms. The molecule has 0 bridgehead atoms. The molecule has 0 radical (unpaired) electrons. The number of fused-ring (bicyclic) bond motifs is 1. The van der Waals surface area contributed by atoms with Gasteiger partial charge in [0.25, 0.3) is 5.91 Å². The smallest absolute Gasteiger partial charge is 0.356 e. The van der Waals surface area contributed by atoms with Crippen LogP contribution < -0.4 is 10.6 Å². The van der Waals surface area contributed by atoms with Gasteiger partial charge < -0.3 is 15.4 Å². The fourth-order valence-electron chi connectivity index (χ4n) is 4.76. The molecular weight excluding hydrogens is 579 g/mol. The lowest BCUT2D eigenvalue weighted by molar-refractivity contribution is -0.154. The number of esters is 1. The first-order chi connectivity index (χ1) is 20.0. The summed E-state index contributed by atoms with van der Waals surface area (Å²) in [6, 6.07) is 22.0. The molecule has 2 N–H and O–H groups in total. The molecule has 1 saturated heterocycles. The van der Waals surface area contributed by atoms with E-state index in [0.29, 0.717) is 21.5 Å². The third-order valence-electron chi connectivity index (χ3n) is 6.72. The monoisotopic (exact) mass is 603 g/mol. The van der Waals surface area contributed by atoms with Gasteiger partial charge in [0.1, 0.15) is 22.1 Å². The van der Waals surface area contributed by atoms with E-state index < -0.39 is 23.5 Å². The molecule has 2 aromatic heterocycles. The summed E-state index contributed by atoms with van der Waals surface area (Å²) < 4.78 is 6.19. The largest absolute Gasteiger partial charge is 0.448 e. The van der Waals surface area contributed by atoms with Crippen molar-refractivity contribution in [1.82, 2.24) is 20.4 Å². The molecule has 2 aliphatic heterocycles. The van der Waals surface area contributed by atoms with Crippen LogP contribution >= 0.6 is 34.4 Å². The molecule has 0 spiro atoms. The molecule has 2 atom stereocenters. The lowest BCUT2D eigenvalue weighted by Crippen LogP contribution is -2.70. The van der Waals surface area contributed by atoms with E-state index in [-0.39, 0.29) is 23.9 Å². The van der Waals surface area contributed by atoms with E-state index in [1.54, 1.807) is 7.05 Å². The van der Waals surface area contributed by atoms with E-state index in [1.165, 1.54) is 39.3 Å². The van der Waals surface area contributed by atoms with Crippen molar-refractivity contribution in [2.24, 2.45) is 0 Å². The minimum atomic E-state index is -0.738. The van der Waals surface area contributed by atoms with Crippen molar-refractivity contribution in [3.05, 3.63) is 105 Å². The van der Waals surface area contributed by atoms with Gasteiger partial charge >= 0.3 is 5.97 Å². The maximum Gasteiger partial charge on any atom is 0.356 e. The highest BCUT2D eigenvalue weighted by Gasteiger charge is 2.55. The molecule has 2 aliphatic rings. The lowest BCUT2D eigenvalue weighted by Gasteiger charge is -2.49. The van der Waals surface area contributed by atoms with Crippen LogP contribution in [-0.2, 0) is 25.5 Å². The van der Waals surface area contributed by atoms with Crippen molar-refractivity contribution in [1.29, 1.82) is 0 Å². The summed E-state index contributed by atoms with van der Waals surface area (Å²) in [5.74, 6) is -0.835. The summed E-state index contributed by atoms with van der Waals surface area (Å²) in [4.78, 5) is 42.7. The second-order valence-corrected chi connectivity index (χ2v) is 12.4. The minimum Gasteiger partial charge on any atom is -0.448 e. The van der Waals surface area contributed by atoms with Gasteiger partial charge in [0.15, 0.2) is 6.10 Å². The molecule has 9 nitrogen and oxygen atoms in total. The first-order valence-electron chi connectivity index (χ1n) is 12.9. The third kappa shape index (κ3) is 5.50. The van der Waals surface area contributed by atoms with E-state index >= 15 is 0 Å². The molecule has 41 heavy (non-hydrogen) atoms. The maximum atomic E-state index is 14.1. The van der Waals surface area contributed by atoms with Crippen molar-refractivity contribution < 1.29 is 19.1 Å². The number of β-lactam (4-membered cyclic amide) rings is 1. The van der Waals surface area contributed by atoms with E-state index in [4.69, 9.17) is 4.74 Å². The number of thiophene rings is 1. The van der Waals surface area contributed by atoms with Crippen LogP contribution in [0.1, 0.15) is 27.1 Å². The average Bonchev–Trinajstić information content (AvgIpc) is 3.71. The molecule has 2 aromatic carbocycles. The van der Waals surface area contributed by atoms with Crippen molar-refractivity contribution in [3.63, 3.8) is 0 Å². The number of hydrogen-bond donors (Lipinski definition) is 2. The summed E-state index contributed by atoms with van der Waals surface area (Å²) in [7, 11) is 1.74. The second kappa shape index (κ2) is 11.9. The molecule has 0 saturated carbocycles. The molecule has 4 heterocycles. The predicted octanol–water partition coefficient (Wildman–Crippen LogP) is 4.33. The van der Waals surface area contributed by atoms with Gasteiger partial charge in [-0.15, -0.1) is 33.3 Å². The Morgan fingerprint density at radius 3 is 2.34 bits per heavy atom. The highest BCUT2D eigenvalue weighted by molar-refractivity contribution is 8.00. The Hall–Kier alpha value is -4.00.